The second-order valence-corrected chi connectivity index (χ2v) is 4.97. The minimum atomic E-state index is -0.0360. The van der Waals surface area contributed by atoms with Gasteiger partial charge < -0.3 is 5.32 Å². The predicted molar refractivity (Wildman–Crippen MR) is 77.2 cm³/mol. The third-order valence-electron chi connectivity index (χ3n) is 3.22. The minimum absolute atomic E-state index is 0.0253. The number of carbonyl (C=O) groups is 1. The zero-order valence-electron chi connectivity index (χ0n) is 12.4. The fourth-order valence-electron chi connectivity index (χ4n) is 2.02. The van der Waals surface area contributed by atoms with Crippen LogP contribution in [0.3, 0.4) is 0 Å². The number of aryl methyl sites for hydroxylation is 2. The van der Waals surface area contributed by atoms with Crippen LogP contribution in [-0.2, 0) is 11.3 Å². The van der Waals surface area contributed by atoms with Gasteiger partial charge in [0.1, 0.15) is 6.33 Å². The highest BCUT2D eigenvalue weighted by atomic mass is 16.1. The average molecular weight is 288 g/mol. The summed E-state index contributed by atoms with van der Waals surface area (Å²) in [5, 5.41) is 13.9. The van der Waals surface area contributed by atoms with Crippen LogP contribution in [0.1, 0.15) is 43.5 Å². The summed E-state index contributed by atoms with van der Waals surface area (Å²) in [6, 6.07) is 3.94. The van der Waals surface area contributed by atoms with E-state index in [1.165, 1.54) is 0 Å². The number of amides is 1. The van der Waals surface area contributed by atoms with Gasteiger partial charge in [-0.2, -0.15) is 0 Å². The van der Waals surface area contributed by atoms with E-state index in [0.29, 0.717) is 19.4 Å². The number of pyridine rings is 1. The Morgan fingerprint density at radius 1 is 1.43 bits per heavy atom. The Morgan fingerprint density at radius 3 is 2.90 bits per heavy atom. The molecule has 0 aromatic carbocycles. The Bertz CT molecular complexity index is 551. The molecule has 0 aliphatic heterocycles. The largest absolute Gasteiger partial charge is 0.348 e. The van der Waals surface area contributed by atoms with Crippen LogP contribution in [0.5, 0.6) is 0 Å². The summed E-state index contributed by atoms with van der Waals surface area (Å²) in [5.41, 5.74) is 2.01. The molecule has 0 bridgehead atoms. The van der Waals surface area contributed by atoms with Gasteiger partial charge in [-0.05, 0) is 41.8 Å². The molecule has 0 radical (unpaired) electrons. The molecule has 7 heteroatoms. The summed E-state index contributed by atoms with van der Waals surface area (Å²) in [7, 11) is 0. The molecule has 1 amide bonds. The predicted octanol–water partition coefficient (Wildman–Crippen LogP) is 1.42. The van der Waals surface area contributed by atoms with Gasteiger partial charge in [-0.25, -0.2) is 4.68 Å². The summed E-state index contributed by atoms with van der Waals surface area (Å²) in [5.74, 6) is 0.0253. The van der Waals surface area contributed by atoms with Crippen molar-refractivity contribution in [2.24, 2.45) is 0 Å². The van der Waals surface area contributed by atoms with Gasteiger partial charge in [0.25, 0.3) is 0 Å². The van der Waals surface area contributed by atoms with E-state index >= 15 is 0 Å². The van der Waals surface area contributed by atoms with E-state index in [1.807, 2.05) is 32.2 Å². The van der Waals surface area contributed by atoms with Gasteiger partial charge in [-0.15, -0.1) is 5.10 Å². The van der Waals surface area contributed by atoms with Gasteiger partial charge in [-0.3, -0.25) is 9.78 Å². The Morgan fingerprint density at radius 2 is 2.29 bits per heavy atom. The number of tetrazole rings is 1. The third-order valence-corrected chi connectivity index (χ3v) is 3.22. The first-order valence-corrected chi connectivity index (χ1v) is 7.11. The van der Waals surface area contributed by atoms with Gasteiger partial charge in [0.05, 0.1) is 11.7 Å². The molecule has 0 saturated heterocycles. The number of hydrogen-bond donors (Lipinski definition) is 1. The fraction of sp³-hybridized carbons (Fsp3) is 0.500. The van der Waals surface area contributed by atoms with Crippen LogP contribution < -0.4 is 5.32 Å². The van der Waals surface area contributed by atoms with Crippen LogP contribution in [0.2, 0.25) is 0 Å². The van der Waals surface area contributed by atoms with E-state index in [-0.39, 0.29) is 11.9 Å². The maximum atomic E-state index is 12.0. The number of carbonyl (C=O) groups excluding carboxylic acids is 1. The quantitative estimate of drug-likeness (QED) is 0.833. The van der Waals surface area contributed by atoms with E-state index in [9.17, 15) is 4.79 Å². The van der Waals surface area contributed by atoms with Crippen molar-refractivity contribution in [3.63, 3.8) is 0 Å². The number of aromatic nitrogens is 5. The summed E-state index contributed by atoms with van der Waals surface area (Å²) in [4.78, 5) is 16.4. The van der Waals surface area contributed by atoms with Gasteiger partial charge in [0.2, 0.25) is 5.91 Å². The molecule has 1 atom stereocenters. The molecule has 2 aromatic heterocycles. The standard InChI is InChI=1S/C14H20N6O/c1-3-12(13-7-6-11(2)9-15-13)17-14(21)5-4-8-20-10-16-18-19-20/h6-7,9-10,12H,3-5,8H2,1-2H3,(H,17,21)/t12-/m1/s1. The van der Waals surface area contributed by atoms with Gasteiger partial charge in [0, 0.05) is 19.2 Å². The zero-order valence-corrected chi connectivity index (χ0v) is 12.4. The molecule has 21 heavy (non-hydrogen) atoms. The Labute approximate surface area is 123 Å². The van der Waals surface area contributed by atoms with Gasteiger partial charge in [0.15, 0.2) is 0 Å². The molecule has 7 nitrogen and oxygen atoms in total. The Kier molecular flexibility index (Phi) is 5.36. The lowest BCUT2D eigenvalue weighted by atomic mass is 10.1. The maximum absolute atomic E-state index is 12.0. The lowest BCUT2D eigenvalue weighted by molar-refractivity contribution is -0.122. The molecule has 1 N–H and O–H groups in total. The van der Waals surface area contributed by atoms with Gasteiger partial charge >= 0.3 is 0 Å². The first kappa shape index (κ1) is 15.1. The van der Waals surface area contributed by atoms with Crippen molar-refractivity contribution in [3.05, 3.63) is 35.9 Å². The number of rotatable bonds is 7. The van der Waals surface area contributed by atoms with Crippen molar-refractivity contribution in [3.8, 4) is 0 Å². The van der Waals surface area contributed by atoms with Crippen LogP contribution in [0.15, 0.2) is 24.7 Å². The molecule has 0 aliphatic carbocycles. The van der Waals surface area contributed by atoms with Crippen LogP contribution in [0.4, 0.5) is 0 Å². The van der Waals surface area contributed by atoms with Crippen molar-refractivity contribution in [2.45, 2.75) is 45.7 Å². The molecule has 2 rings (SSSR count). The van der Waals surface area contributed by atoms with Crippen LogP contribution in [-0.4, -0.2) is 31.1 Å². The smallest absolute Gasteiger partial charge is 0.220 e. The summed E-state index contributed by atoms with van der Waals surface area (Å²) in [6.45, 7) is 4.67. The monoisotopic (exact) mass is 288 g/mol. The average Bonchev–Trinajstić information content (AvgIpc) is 2.99. The molecular weight excluding hydrogens is 268 g/mol. The lowest BCUT2D eigenvalue weighted by Gasteiger charge is -2.16. The van der Waals surface area contributed by atoms with Crippen molar-refractivity contribution < 1.29 is 4.79 Å². The van der Waals surface area contributed by atoms with E-state index in [4.69, 9.17) is 0 Å². The van der Waals surface area contributed by atoms with E-state index in [2.05, 4.69) is 25.8 Å². The van der Waals surface area contributed by atoms with Gasteiger partial charge in [-0.1, -0.05) is 13.0 Å². The molecule has 0 saturated carbocycles. The lowest BCUT2D eigenvalue weighted by Crippen LogP contribution is -2.28. The van der Waals surface area contributed by atoms with Crippen molar-refractivity contribution in [2.75, 3.05) is 0 Å². The Balaban J connectivity index is 1.80. The molecule has 2 aromatic rings. The highest BCUT2D eigenvalue weighted by molar-refractivity contribution is 5.76. The molecule has 0 fully saturated rings. The van der Waals surface area contributed by atoms with Crippen molar-refractivity contribution >= 4 is 5.91 Å². The van der Waals surface area contributed by atoms with Crippen LogP contribution in [0, 0.1) is 6.92 Å². The number of nitrogens with one attached hydrogen (secondary N) is 1. The third kappa shape index (κ3) is 4.62. The number of nitrogens with zero attached hydrogens (tertiary/aromatic N) is 5. The first-order chi connectivity index (χ1) is 10.2. The second kappa shape index (κ2) is 7.47. The van der Waals surface area contributed by atoms with Crippen LogP contribution >= 0.6 is 0 Å². The van der Waals surface area contributed by atoms with Crippen molar-refractivity contribution in [1.29, 1.82) is 0 Å². The first-order valence-electron chi connectivity index (χ1n) is 7.11. The molecule has 0 unspecified atom stereocenters. The van der Waals surface area contributed by atoms with Crippen LogP contribution in [0.25, 0.3) is 0 Å². The highest BCUT2D eigenvalue weighted by Crippen LogP contribution is 2.14. The highest BCUT2D eigenvalue weighted by Gasteiger charge is 2.13. The fourth-order valence-corrected chi connectivity index (χ4v) is 2.02. The molecule has 0 aliphatic rings. The SMILES string of the molecule is CC[C@@H](NC(=O)CCCn1cnnn1)c1ccc(C)cn1. The molecule has 112 valence electrons. The minimum Gasteiger partial charge on any atom is -0.348 e. The van der Waals surface area contributed by atoms with Crippen molar-refractivity contribution in [1.82, 2.24) is 30.5 Å². The zero-order chi connectivity index (χ0) is 15.1. The number of hydrogen-bond acceptors (Lipinski definition) is 5. The van der Waals surface area contributed by atoms with E-state index < -0.39 is 0 Å². The molecule has 2 heterocycles. The summed E-state index contributed by atoms with van der Waals surface area (Å²) in [6.07, 6.45) is 5.33. The normalized spacial score (nSPS) is 12.1. The van der Waals surface area contributed by atoms with E-state index in [0.717, 1.165) is 17.7 Å². The van der Waals surface area contributed by atoms with E-state index in [1.54, 1.807) is 11.0 Å². The summed E-state index contributed by atoms with van der Waals surface area (Å²) >= 11 is 0. The Hall–Kier alpha value is -2.31. The molecular formula is C14H20N6O. The second-order valence-electron chi connectivity index (χ2n) is 4.97. The summed E-state index contributed by atoms with van der Waals surface area (Å²) < 4.78 is 1.62. The topological polar surface area (TPSA) is 85.6 Å². The maximum Gasteiger partial charge on any atom is 0.220 e. The molecule has 0 spiro atoms.